The summed E-state index contributed by atoms with van der Waals surface area (Å²) in [6, 6.07) is 5.56. The normalized spacial score (nSPS) is 11.6. The number of benzene rings is 1. The molecule has 1 aromatic heterocycles. The molecule has 0 fully saturated rings. The quantitative estimate of drug-likeness (QED) is 0.936. The van der Waals surface area contributed by atoms with Crippen LogP contribution in [0.4, 0.5) is 5.69 Å². The smallest absolute Gasteiger partial charge is 0.280 e. The van der Waals surface area contributed by atoms with Crippen LogP contribution in [-0.4, -0.2) is 18.0 Å². The molecule has 102 valence electrons. The van der Waals surface area contributed by atoms with Gasteiger partial charge in [-0.05, 0) is 32.4 Å². The van der Waals surface area contributed by atoms with Crippen LogP contribution in [0.5, 0.6) is 0 Å². The topological polar surface area (TPSA) is 64.0 Å². The minimum absolute atomic E-state index is 0.0347. The van der Waals surface area contributed by atoms with Crippen molar-refractivity contribution in [2.45, 2.75) is 25.8 Å². The standard InChI is InChI=1S/C13H17N3O2S/c1-9-5-6-12(10(2)7-9)15-19(17,18)13-8-16(4)11(3)14-13/h5-8,15H,1-4H3. The van der Waals surface area contributed by atoms with Gasteiger partial charge in [-0.2, -0.15) is 8.42 Å². The highest BCUT2D eigenvalue weighted by Gasteiger charge is 2.19. The molecular formula is C13H17N3O2S. The van der Waals surface area contributed by atoms with Gasteiger partial charge in [0.15, 0.2) is 5.03 Å². The summed E-state index contributed by atoms with van der Waals surface area (Å²) < 4.78 is 28.7. The highest BCUT2D eigenvalue weighted by atomic mass is 32.2. The van der Waals surface area contributed by atoms with Crippen molar-refractivity contribution in [2.75, 3.05) is 4.72 Å². The third-order valence-corrected chi connectivity index (χ3v) is 4.22. The SMILES string of the molecule is Cc1ccc(NS(=O)(=O)c2cn(C)c(C)n2)c(C)c1. The summed E-state index contributed by atoms with van der Waals surface area (Å²) in [4.78, 5) is 4.04. The van der Waals surface area contributed by atoms with Crippen molar-refractivity contribution in [3.8, 4) is 0 Å². The lowest BCUT2D eigenvalue weighted by atomic mass is 10.1. The van der Waals surface area contributed by atoms with Gasteiger partial charge in [0, 0.05) is 13.2 Å². The summed E-state index contributed by atoms with van der Waals surface area (Å²) in [5.74, 6) is 0.654. The summed E-state index contributed by atoms with van der Waals surface area (Å²) in [7, 11) is -1.87. The molecule has 19 heavy (non-hydrogen) atoms. The van der Waals surface area contributed by atoms with Gasteiger partial charge in [-0.25, -0.2) is 4.98 Å². The number of hydrogen-bond acceptors (Lipinski definition) is 3. The minimum Gasteiger partial charge on any atom is -0.337 e. The molecule has 0 amide bonds. The molecule has 0 saturated heterocycles. The molecule has 1 N–H and O–H groups in total. The fraction of sp³-hybridized carbons (Fsp3) is 0.308. The molecule has 5 nitrogen and oxygen atoms in total. The Morgan fingerprint density at radius 2 is 1.89 bits per heavy atom. The van der Waals surface area contributed by atoms with E-state index in [0.29, 0.717) is 11.5 Å². The summed E-state index contributed by atoms with van der Waals surface area (Å²) in [6.45, 7) is 5.60. The first-order valence-corrected chi connectivity index (χ1v) is 7.38. The van der Waals surface area contributed by atoms with Crippen molar-refractivity contribution in [3.63, 3.8) is 0 Å². The van der Waals surface area contributed by atoms with Gasteiger partial charge in [-0.15, -0.1) is 0 Å². The molecule has 2 rings (SSSR count). The van der Waals surface area contributed by atoms with Crippen LogP contribution in [0.3, 0.4) is 0 Å². The average molecular weight is 279 g/mol. The van der Waals surface area contributed by atoms with E-state index in [1.807, 2.05) is 26.0 Å². The molecule has 0 radical (unpaired) electrons. The first-order chi connectivity index (χ1) is 8.79. The Kier molecular flexibility index (Phi) is 3.36. The van der Waals surface area contributed by atoms with Gasteiger partial charge < -0.3 is 4.57 Å². The van der Waals surface area contributed by atoms with Gasteiger partial charge in [0.1, 0.15) is 5.82 Å². The van der Waals surface area contributed by atoms with Crippen LogP contribution in [-0.2, 0) is 17.1 Å². The lowest BCUT2D eigenvalue weighted by Gasteiger charge is -2.09. The van der Waals surface area contributed by atoms with Crippen molar-refractivity contribution in [3.05, 3.63) is 41.3 Å². The van der Waals surface area contributed by atoms with Gasteiger partial charge in [-0.3, -0.25) is 4.72 Å². The predicted molar refractivity (Wildman–Crippen MR) is 74.7 cm³/mol. The molecular weight excluding hydrogens is 262 g/mol. The van der Waals surface area contributed by atoms with Crippen molar-refractivity contribution in [1.82, 2.24) is 9.55 Å². The van der Waals surface area contributed by atoms with Gasteiger partial charge in [0.25, 0.3) is 10.0 Å². The Morgan fingerprint density at radius 1 is 1.21 bits per heavy atom. The van der Waals surface area contributed by atoms with Gasteiger partial charge in [0.2, 0.25) is 0 Å². The van der Waals surface area contributed by atoms with Crippen LogP contribution >= 0.6 is 0 Å². The van der Waals surface area contributed by atoms with E-state index in [9.17, 15) is 8.42 Å². The summed E-state index contributed by atoms with van der Waals surface area (Å²) >= 11 is 0. The Hall–Kier alpha value is -1.82. The fourth-order valence-corrected chi connectivity index (χ4v) is 2.95. The monoisotopic (exact) mass is 279 g/mol. The van der Waals surface area contributed by atoms with Gasteiger partial charge in [-0.1, -0.05) is 17.7 Å². The number of rotatable bonds is 3. The van der Waals surface area contributed by atoms with E-state index < -0.39 is 10.0 Å². The zero-order valence-corrected chi connectivity index (χ0v) is 12.2. The molecule has 0 aliphatic heterocycles. The zero-order chi connectivity index (χ0) is 14.2. The van der Waals surface area contributed by atoms with E-state index in [2.05, 4.69) is 9.71 Å². The molecule has 2 aromatic rings. The maximum absolute atomic E-state index is 12.2. The molecule has 0 bridgehead atoms. The Balaban J connectivity index is 2.36. The van der Waals surface area contributed by atoms with E-state index in [1.54, 1.807) is 24.6 Å². The van der Waals surface area contributed by atoms with Crippen LogP contribution in [0.15, 0.2) is 29.4 Å². The molecule has 0 aliphatic carbocycles. The van der Waals surface area contributed by atoms with E-state index in [1.165, 1.54) is 6.20 Å². The second kappa shape index (κ2) is 4.70. The second-order valence-electron chi connectivity index (χ2n) is 4.66. The number of aromatic nitrogens is 2. The predicted octanol–water partition coefficient (Wildman–Crippen LogP) is 2.15. The second-order valence-corrected chi connectivity index (χ2v) is 6.29. The van der Waals surface area contributed by atoms with Crippen molar-refractivity contribution < 1.29 is 8.42 Å². The Bertz CT molecular complexity index is 698. The molecule has 0 atom stereocenters. The number of hydrogen-bond donors (Lipinski definition) is 1. The molecule has 0 aliphatic rings. The maximum Gasteiger partial charge on any atom is 0.280 e. The molecule has 0 spiro atoms. The number of aryl methyl sites for hydroxylation is 4. The summed E-state index contributed by atoms with van der Waals surface area (Å²) in [5, 5.41) is 0.0347. The number of sulfonamides is 1. The third-order valence-electron chi connectivity index (χ3n) is 2.99. The Morgan fingerprint density at radius 3 is 2.42 bits per heavy atom. The van der Waals surface area contributed by atoms with Crippen LogP contribution < -0.4 is 4.72 Å². The minimum atomic E-state index is -3.63. The van der Waals surface area contributed by atoms with Crippen LogP contribution in [0.1, 0.15) is 17.0 Å². The zero-order valence-electron chi connectivity index (χ0n) is 11.4. The number of nitrogens with zero attached hydrogens (tertiary/aromatic N) is 2. The van der Waals surface area contributed by atoms with Crippen molar-refractivity contribution in [1.29, 1.82) is 0 Å². The fourth-order valence-electron chi connectivity index (χ4n) is 1.78. The molecule has 1 aromatic carbocycles. The van der Waals surface area contributed by atoms with E-state index >= 15 is 0 Å². The molecule has 1 heterocycles. The largest absolute Gasteiger partial charge is 0.337 e. The van der Waals surface area contributed by atoms with Crippen molar-refractivity contribution >= 4 is 15.7 Å². The highest BCUT2D eigenvalue weighted by Crippen LogP contribution is 2.20. The van der Waals surface area contributed by atoms with E-state index in [0.717, 1.165) is 11.1 Å². The van der Waals surface area contributed by atoms with E-state index in [-0.39, 0.29) is 5.03 Å². The molecule has 0 saturated carbocycles. The number of imidazole rings is 1. The first kappa shape index (κ1) is 13.6. The number of nitrogens with one attached hydrogen (secondary N) is 1. The Labute approximate surface area is 113 Å². The molecule has 0 unspecified atom stereocenters. The highest BCUT2D eigenvalue weighted by molar-refractivity contribution is 7.92. The summed E-state index contributed by atoms with van der Waals surface area (Å²) in [6.07, 6.45) is 1.50. The maximum atomic E-state index is 12.2. The van der Waals surface area contributed by atoms with E-state index in [4.69, 9.17) is 0 Å². The van der Waals surface area contributed by atoms with Crippen LogP contribution in [0.2, 0.25) is 0 Å². The van der Waals surface area contributed by atoms with Crippen molar-refractivity contribution in [2.24, 2.45) is 7.05 Å². The average Bonchev–Trinajstić information content (AvgIpc) is 2.64. The number of anilines is 1. The third kappa shape index (κ3) is 2.78. The molecule has 6 heteroatoms. The van der Waals surface area contributed by atoms with Crippen LogP contribution in [0, 0.1) is 20.8 Å². The van der Waals surface area contributed by atoms with Gasteiger partial charge >= 0.3 is 0 Å². The van der Waals surface area contributed by atoms with Gasteiger partial charge in [0.05, 0.1) is 5.69 Å². The lowest BCUT2D eigenvalue weighted by Crippen LogP contribution is -2.14. The summed E-state index contributed by atoms with van der Waals surface area (Å²) in [5.41, 5.74) is 2.55. The van der Waals surface area contributed by atoms with Crippen LogP contribution in [0.25, 0.3) is 0 Å². The first-order valence-electron chi connectivity index (χ1n) is 5.89. The lowest BCUT2D eigenvalue weighted by molar-refractivity contribution is 0.598.